The van der Waals surface area contributed by atoms with Crippen molar-refractivity contribution in [3.8, 4) is 5.69 Å². The normalized spacial score (nSPS) is 10.4. The summed E-state index contributed by atoms with van der Waals surface area (Å²) in [6, 6.07) is 4.97. The van der Waals surface area contributed by atoms with E-state index >= 15 is 0 Å². The Hall–Kier alpha value is -2.17. The van der Waals surface area contributed by atoms with Crippen LogP contribution in [-0.2, 0) is 0 Å². The zero-order valence-corrected chi connectivity index (χ0v) is 9.04. The maximum absolute atomic E-state index is 10.7. The van der Waals surface area contributed by atoms with Gasteiger partial charge in [0.05, 0.1) is 22.6 Å². The number of nitro groups is 1. The molecule has 2 aromatic rings. The lowest BCUT2D eigenvalue weighted by Crippen LogP contribution is -1.95. The van der Waals surface area contributed by atoms with Gasteiger partial charge in [0.25, 0.3) is 5.69 Å². The van der Waals surface area contributed by atoms with E-state index < -0.39 is 0 Å². The van der Waals surface area contributed by atoms with Gasteiger partial charge in [-0.25, -0.2) is 4.98 Å². The average Bonchev–Trinajstić information content (AvgIpc) is 2.64. The summed E-state index contributed by atoms with van der Waals surface area (Å²) in [4.78, 5) is 14.4. The first-order chi connectivity index (χ1) is 7.56. The third kappa shape index (κ3) is 1.93. The van der Waals surface area contributed by atoms with E-state index in [1.165, 1.54) is 6.07 Å². The van der Waals surface area contributed by atoms with Crippen molar-refractivity contribution in [2.45, 2.75) is 13.8 Å². The van der Waals surface area contributed by atoms with E-state index in [4.69, 9.17) is 0 Å². The van der Waals surface area contributed by atoms with E-state index in [0.29, 0.717) is 0 Å². The first-order valence-electron chi connectivity index (χ1n) is 4.83. The topological polar surface area (TPSA) is 61.0 Å². The number of imidazole rings is 1. The summed E-state index contributed by atoms with van der Waals surface area (Å²) in [6.07, 6.45) is 3.48. The van der Waals surface area contributed by atoms with E-state index in [-0.39, 0.29) is 10.6 Å². The molecule has 0 unspecified atom stereocenters. The molecule has 0 aliphatic rings. The molecular formula is C11H11N3O2. The van der Waals surface area contributed by atoms with Gasteiger partial charge in [0.1, 0.15) is 0 Å². The van der Waals surface area contributed by atoms with Crippen LogP contribution in [0.2, 0.25) is 0 Å². The number of aromatic nitrogens is 2. The van der Waals surface area contributed by atoms with Crippen LogP contribution in [0.25, 0.3) is 5.69 Å². The highest BCUT2D eigenvalue weighted by atomic mass is 16.6. The lowest BCUT2D eigenvalue weighted by atomic mass is 10.2. The fraction of sp³-hybridized carbons (Fsp3) is 0.182. The Bertz CT molecular complexity index is 546. The maximum atomic E-state index is 10.7. The molecule has 1 aromatic carbocycles. The van der Waals surface area contributed by atoms with Crippen LogP contribution in [0.15, 0.2) is 30.7 Å². The van der Waals surface area contributed by atoms with Crippen molar-refractivity contribution < 1.29 is 4.92 Å². The molecule has 16 heavy (non-hydrogen) atoms. The van der Waals surface area contributed by atoms with Gasteiger partial charge < -0.3 is 4.57 Å². The first-order valence-corrected chi connectivity index (χ1v) is 4.83. The number of rotatable bonds is 2. The van der Waals surface area contributed by atoms with Crippen molar-refractivity contribution >= 4 is 5.69 Å². The van der Waals surface area contributed by atoms with Crippen LogP contribution in [0, 0.1) is 24.0 Å². The Morgan fingerprint density at radius 2 is 2.06 bits per heavy atom. The minimum absolute atomic E-state index is 0.0985. The van der Waals surface area contributed by atoms with Crippen molar-refractivity contribution in [2.24, 2.45) is 0 Å². The van der Waals surface area contributed by atoms with Crippen LogP contribution >= 0.6 is 0 Å². The average molecular weight is 217 g/mol. The SMILES string of the molecule is Cc1cc(-n2cnc(C)c2)cc([N+](=O)[O-])c1. The molecule has 0 atom stereocenters. The van der Waals surface area contributed by atoms with E-state index in [9.17, 15) is 10.1 Å². The smallest absolute Gasteiger partial charge is 0.271 e. The highest BCUT2D eigenvalue weighted by Gasteiger charge is 2.09. The molecule has 0 saturated carbocycles. The quantitative estimate of drug-likeness (QED) is 0.573. The van der Waals surface area contributed by atoms with Crippen molar-refractivity contribution in [1.29, 1.82) is 0 Å². The standard InChI is InChI=1S/C11H11N3O2/c1-8-3-10(5-11(4-8)14(15)16)13-6-9(2)12-7-13/h3-7H,1-2H3. The van der Waals surface area contributed by atoms with E-state index in [0.717, 1.165) is 16.9 Å². The van der Waals surface area contributed by atoms with Crippen molar-refractivity contribution in [3.05, 3.63) is 52.1 Å². The minimum Gasteiger partial charge on any atom is -0.306 e. The predicted octanol–water partition coefficient (Wildman–Crippen LogP) is 2.40. The Morgan fingerprint density at radius 3 is 2.62 bits per heavy atom. The second-order valence-electron chi connectivity index (χ2n) is 3.71. The Kier molecular flexibility index (Phi) is 2.44. The van der Waals surface area contributed by atoms with E-state index in [1.54, 1.807) is 17.0 Å². The molecule has 5 heteroatoms. The third-order valence-electron chi connectivity index (χ3n) is 2.27. The Labute approximate surface area is 92.5 Å². The molecule has 2 rings (SSSR count). The van der Waals surface area contributed by atoms with Gasteiger partial charge in [-0.2, -0.15) is 0 Å². The van der Waals surface area contributed by atoms with Crippen molar-refractivity contribution in [3.63, 3.8) is 0 Å². The monoisotopic (exact) mass is 217 g/mol. The van der Waals surface area contributed by atoms with Crippen molar-refractivity contribution in [2.75, 3.05) is 0 Å². The molecule has 1 heterocycles. The summed E-state index contributed by atoms with van der Waals surface area (Å²) in [5.74, 6) is 0. The molecule has 0 spiro atoms. The van der Waals surface area contributed by atoms with Crippen LogP contribution in [0.4, 0.5) is 5.69 Å². The number of hydrogen-bond acceptors (Lipinski definition) is 3. The molecule has 5 nitrogen and oxygen atoms in total. The largest absolute Gasteiger partial charge is 0.306 e. The molecule has 0 aliphatic heterocycles. The van der Waals surface area contributed by atoms with Crippen LogP contribution in [0.1, 0.15) is 11.3 Å². The maximum Gasteiger partial charge on any atom is 0.271 e. The number of nitrogens with zero attached hydrogens (tertiary/aromatic N) is 3. The molecule has 0 amide bonds. The number of nitro benzene ring substituents is 1. The highest BCUT2D eigenvalue weighted by Crippen LogP contribution is 2.19. The second kappa shape index (κ2) is 3.77. The summed E-state index contributed by atoms with van der Waals surface area (Å²) in [5, 5.41) is 10.7. The van der Waals surface area contributed by atoms with E-state index in [2.05, 4.69) is 4.98 Å². The van der Waals surface area contributed by atoms with Gasteiger partial charge in [0.15, 0.2) is 0 Å². The number of hydrogen-bond donors (Lipinski definition) is 0. The van der Waals surface area contributed by atoms with Crippen LogP contribution in [0.5, 0.6) is 0 Å². The van der Waals surface area contributed by atoms with Gasteiger partial charge in [-0.1, -0.05) is 0 Å². The summed E-state index contributed by atoms with van der Waals surface area (Å²) in [7, 11) is 0. The molecular weight excluding hydrogens is 206 g/mol. The Morgan fingerprint density at radius 1 is 1.31 bits per heavy atom. The first kappa shape index (κ1) is 10.4. The molecule has 0 fully saturated rings. The van der Waals surface area contributed by atoms with E-state index in [1.807, 2.05) is 26.1 Å². The molecule has 0 bridgehead atoms. The zero-order valence-electron chi connectivity index (χ0n) is 9.04. The second-order valence-corrected chi connectivity index (χ2v) is 3.71. The fourth-order valence-electron chi connectivity index (χ4n) is 1.56. The van der Waals surface area contributed by atoms with Crippen LogP contribution in [0.3, 0.4) is 0 Å². The molecule has 0 N–H and O–H groups in total. The fourth-order valence-corrected chi connectivity index (χ4v) is 1.56. The van der Waals surface area contributed by atoms with Crippen LogP contribution in [-0.4, -0.2) is 14.5 Å². The van der Waals surface area contributed by atoms with Gasteiger partial charge in [0, 0.05) is 18.3 Å². The zero-order chi connectivity index (χ0) is 11.7. The Balaban J connectivity index is 2.53. The lowest BCUT2D eigenvalue weighted by molar-refractivity contribution is -0.384. The number of benzene rings is 1. The molecule has 0 aliphatic carbocycles. The molecule has 0 saturated heterocycles. The summed E-state index contributed by atoms with van der Waals surface area (Å²) in [5.41, 5.74) is 2.59. The number of aryl methyl sites for hydroxylation is 2. The third-order valence-corrected chi connectivity index (χ3v) is 2.27. The van der Waals surface area contributed by atoms with Gasteiger partial charge >= 0.3 is 0 Å². The summed E-state index contributed by atoms with van der Waals surface area (Å²) >= 11 is 0. The molecule has 0 radical (unpaired) electrons. The minimum atomic E-state index is -0.389. The van der Waals surface area contributed by atoms with Gasteiger partial charge in [-0.15, -0.1) is 0 Å². The number of non-ortho nitro benzene ring substituents is 1. The van der Waals surface area contributed by atoms with Crippen molar-refractivity contribution in [1.82, 2.24) is 9.55 Å². The summed E-state index contributed by atoms with van der Waals surface area (Å²) < 4.78 is 1.77. The highest BCUT2D eigenvalue weighted by molar-refractivity contribution is 5.46. The predicted molar refractivity (Wildman–Crippen MR) is 59.7 cm³/mol. The molecule has 1 aromatic heterocycles. The lowest BCUT2D eigenvalue weighted by Gasteiger charge is -2.03. The van der Waals surface area contributed by atoms with Gasteiger partial charge in [-0.3, -0.25) is 10.1 Å². The van der Waals surface area contributed by atoms with Gasteiger partial charge in [-0.05, 0) is 25.5 Å². The van der Waals surface area contributed by atoms with Crippen LogP contribution < -0.4 is 0 Å². The van der Waals surface area contributed by atoms with Gasteiger partial charge in [0.2, 0.25) is 0 Å². The molecule has 82 valence electrons. The summed E-state index contributed by atoms with van der Waals surface area (Å²) in [6.45, 7) is 3.71.